The number of rotatable bonds is 4. The van der Waals surface area contributed by atoms with Gasteiger partial charge in [0.2, 0.25) is 0 Å². The Hall–Kier alpha value is -1.96. The fourth-order valence-electron chi connectivity index (χ4n) is 2.66. The summed E-state index contributed by atoms with van der Waals surface area (Å²) < 4.78 is 31.8. The van der Waals surface area contributed by atoms with Crippen molar-refractivity contribution in [1.29, 1.82) is 0 Å². The van der Waals surface area contributed by atoms with Crippen LogP contribution in [0.3, 0.4) is 0 Å². The Kier molecular flexibility index (Phi) is 4.34. The number of ether oxygens (including phenoxy) is 1. The Bertz CT molecular complexity index is 580. The number of halogens is 2. The Labute approximate surface area is 133 Å². The lowest BCUT2D eigenvalue weighted by Gasteiger charge is -2.35. The number of carbonyl (C=O) groups is 1. The zero-order chi connectivity index (χ0) is 16.4. The molecule has 0 spiro atoms. The molecule has 2 aliphatic heterocycles. The standard InChI is InChI=1S/C15H20F2N4O2/c1-20(14(22)19-13-9-23-10-15(13,16)17)8-11-3-4-18-7-12(11)21-5-2-6-21/h3-4,7,13H,2,5-6,8-10H2,1H3,(H,19,22). The molecule has 3 rings (SSSR count). The Morgan fingerprint density at radius 3 is 2.96 bits per heavy atom. The number of pyridine rings is 1. The van der Waals surface area contributed by atoms with Gasteiger partial charge in [0.05, 0.1) is 18.5 Å². The highest BCUT2D eigenvalue weighted by molar-refractivity contribution is 5.74. The van der Waals surface area contributed by atoms with E-state index >= 15 is 0 Å². The van der Waals surface area contributed by atoms with Crippen LogP contribution in [0.4, 0.5) is 19.3 Å². The number of hydrogen-bond donors (Lipinski definition) is 1. The van der Waals surface area contributed by atoms with E-state index in [-0.39, 0.29) is 6.61 Å². The molecule has 23 heavy (non-hydrogen) atoms. The average molecular weight is 326 g/mol. The maximum Gasteiger partial charge on any atom is 0.317 e. The zero-order valence-electron chi connectivity index (χ0n) is 13.0. The molecule has 6 nitrogen and oxygen atoms in total. The monoisotopic (exact) mass is 326 g/mol. The van der Waals surface area contributed by atoms with Crippen molar-refractivity contribution in [3.8, 4) is 0 Å². The molecule has 126 valence electrons. The zero-order valence-corrected chi connectivity index (χ0v) is 13.0. The molecule has 3 heterocycles. The minimum Gasteiger partial charge on any atom is -0.373 e. The fourth-order valence-corrected chi connectivity index (χ4v) is 2.66. The van der Waals surface area contributed by atoms with Gasteiger partial charge in [-0.25, -0.2) is 13.6 Å². The maximum atomic E-state index is 13.5. The average Bonchev–Trinajstić information content (AvgIpc) is 2.78. The largest absolute Gasteiger partial charge is 0.373 e. The van der Waals surface area contributed by atoms with Crippen molar-refractivity contribution in [3.63, 3.8) is 0 Å². The number of hydrogen-bond acceptors (Lipinski definition) is 4. The summed E-state index contributed by atoms with van der Waals surface area (Å²) in [5, 5.41) is 2.35. The van der Waals surface area contributed by atoms with Gasteiger partial charge in [-0.05, 0) is 18.1 Å². The molecule has 2 fully saturated rings. The predicted octanol–water partition coefficient (Wildman–Crippen LogP) is 1.47. The van der Waals surface area contributed by atoms with E-state index in [1.165, 1.54) is 4.90 Å². The molecule has 1 unspecified atom stereocenters. The lowest BCUT2D eigenvalue weighted by atomic mass is 10.1. The van der Waals surface area contributed by atoms with Crippen molar-refractivity contribution in [2.45, 2.75) is 24.9 Å². The molecule has 1 aromatic rings. The van der Waals surface area contributed by atoms with E-state index in [1.54, 1.807) is 19.4 Å². The van der Waals surface area contributed by atoms with Crippen molar-refractivity contribution in [1.82, 2.24) is 15.2 Å². The van der Waals surface area contributed by atoms with Gasteiger partial charge >= 0.3 is 6.03 Å². The number of anilines is 1. The van der Waals surface area contributed by atoms with Crippen LogP contribution in [0, 0.1) is 0 Å². The minimum atomic E-state index is -3.02. The van der Waals surface area contributed by atoms with E-state index in [2.05, 4.69) is 15.2 Å². The lowest BCUT2D eigenvalue weighted by molar-refractivity contribution is -0.0222. The number of nitrogens with one attached hydrogen (secondary N) is 1. The van der Waals surface area contributed by atoms with E-state index in [1.807, 2.05) is 6.07 Å². The second-order valence-corrected chi connectivity index (χ2v) is 5.98. The molecule has 1 atom stereocenters. The van der Waals surface area contributed by atoms with Gasteiger partial charge in [-0.2, -0.15) is 0 Å². The third-order valence-corrected chi connectivity index (χ3v) is 4.23. The lowest BCUT2D eigenvalue weighted by Crippen LogP contribution is -2.50. The van der Waals surface area contributed by atoms with Crippen LogP contribution < -0.4 is 10.2 Å². The molecular weight excluding hydrogens is 306 g/mol. The maximum absolute atomic E-state index is 13.5. The molecule has 0 bridgehead atoms. The van der Waals surface area contributed by atoms with E-state index in [9.17, 15) is 13.6 Å². The number of aromatic nitrogens is 1. The number of carbonyl (C=O) groups excluding carboxylic acids is 1. The second-order valence-electron chi connectivity index (χ2n) is 5.98. The fraction of sp³-hybridized carbons (Fsp3) is 0.600. The van der Waals surface area contributed by atoms with Gasteiger partial charge in [-0.15, -0.1) is 0 Å². The summed E-state index contributed by atoms with van der Waals surface area (Å²) >= 11 is 0. The number of amides is 2. The SMILES string of the molecule is CN(Cc1ccncc1N1CCC1)C(=O)NC1COCC1(F)F. The summed E-state index contributed by atoms with van der Waals surface area (Å²) in [6.45, 7) is 1.46. The van der Waals surface area contributed by atoms with E-state index in [0.29, 0.717) is 6.54 Å². The van der Waals surface area contributed by atoms with Crippen LogP contribution in [0.25, 0.3) is 0 Å². The highest BCUT2D eigenvalue weighted by Gasteiger charge is 2.46. The molecule has 0 aromatic carbocycles. The smallest absolute Gasteiger partial charge is 0.317 e. The molecular formula is C15H20F2N4O2. The summed E-state index contributed by atoms with van der Waals surface area (Å²) in [5.74, 6) is -3.02. The normalized spacial score (nSPS) is 22.6. The number of alkyl halides is 2. The third-order valence-electron chi connectivity index (χ3n) is 4.23. The van der Waals surface area contributed by atoms with Crippen LogP contribution >= 0.6 is 0 Å². The first-order chi connectivity index (χ1) is 11.0. The first-order valence-electron chi connectivity index (χ1n) is 7.62. The molecule has 1 aromatic heterocycles. The molecule has 2 aliphatic rings. The quantitative estimate of drug-likeness (QED) is 0.910. The first kappa shape index (κ1) is 15.9. The van der Waals surface area contributed by atoms with Crippen LogP contribution in [0.1, 0.15) is 12.0 Å². The predicted molar refractivity (Wildman–Crippen MR) is 80.6 cm³/mol. The summed E-state index contributed by atoms with van der Waals surface area (Å²) in [4.78, 5) is 19.9. The molecule has 2 saturated heterocycles. The summed E-state index contributed by atoms with van der Waals surface area (Å²) in [6.07, 6.45) is 4.59. The van der Waals surface area contributed by atoms with Crippen LogP contribution in [0.5, 0.6) is 0 Å². The molecule has 0 saturated carbocycles. The van der Waals surface area contributed by atoms with Gasteiger partial charge in [-0.1, -0.05) is 0 Å². The topological polar surface area (TPSA) is 57.7 Å². The molecule has 0 aliphatic carbocycles. The second kappa shape index (κ2) is 6.27. The van der Waals surface area contributed by atoms with E-state index < -0.39 is 24.6 Å². The molecule has 1 N–H and O–H groups in total. The van der Waals surface area contributed by atoms with Gasteiger partial charge in [0.25, 0.3) is 5.92 Å². The minimum absolute atomic E-state index is 0.166. The van der Waals surface area contributed by atoms with Crippen molar-refractivity contribution >= 4 is 11.7 Å². The molecule has 2 amide bonds. The van der Waals surface area contributed by atoms with Gasteiger partial charge in [0.15, 0.2) is 0 Å². The van der Waals surface area contributed by atoms with E-state index in [4.69, 9.17) is 4.74 Å². The Balaban J connectivity index is 1.62. The summed E-state index contributed by atoms with van der Waals surface area (Å²) in [5.41, 5.74) is 1.94. The van der Waals surface area contributed by atoms with E-state index in [0.717, 1.165) is 30.8 Å². The highest BCUT2D eigenvalue weighted by Crippen LogP contribution is 2.26. The summed E-state index contributed by atoms with van der Waals surface area (Å²) in [6, 6.07) is 0.0429. The first-order valence-corrected chi connectivity index (χ1v) is 7.62. The highest BCUT2D eigenvalue weighted by atomic mass is 19.3. The van der Waals surface area contributed by atoms with Crippen LogP contribution in [0.2, 0.25) is 0 Å². The Morgan fingerprint density at radius 2 is 2.35 bits per heavy atom. The van der Waals surface area contributed by atoms with Gasteiger partial charge in [0, 0.05) is 32.9 Å². The van der Waals surface area contributed by atoms with Gasteiger partial charge < -0.3 is 19.9 Å². The summed E-state index contributed by atoms with van der Waals surface area (Å²) in [7, 11) is 1.59. The van der Waals surface area contributed by atoms with Gasteiger partial charge in [-0.3, -0.25) is 4.98 Å². The number of urea groups is 1. The van der Waals surface area contributed by atoms with Crippen molar-refractivity contribution in [3.05, 3.63) is 24.0 Å². The Morgan fingerprint density at radius 1 is 1.57 bits per heavy atom. The molecule has 0 radical (unpaired) electrons. The van der Waals surface area contributed by atoms with Crippen LogP contribution in [0.15, 0.2) is 18.5 Å². The van der Waals surface area contributed by atoms with Crippen molar-refractivity contribution < 1.29 is 18.3 Å². The van der Waals surface area contributed by atoms with Gasteiger partial charge in [0.1, 0.15) is 12.6 Å². The van der Waals surface area contributed by atoms with Crippen molar-refractivity contribution in [2.24, 2.45) is 0 Å². The number of nitrogens with zero attached hydrogens (tertiary/aromatic N) is 3. The van der Waals surface area contributed by atoms with Crippen molar-refractivity contribution in [2.75, 3.05) is 38.3 Å². The van der Waals surface area contributed by atoms with Crippen LogP contribution in [-0.2, 0) is 11.3 Å². The van der Waals surface area contributed by atoms with Crippen LogP contribution in [-0.4, -0.2) is 61.2 Å². The third kappa shape index (κ3) is 3.36. The molecule has 8 heteroatoms.